The van der Waals surface area contributed by atoms with E-state index in [0.717, 1.165) is 18.9 Å². The summed E-state index contributed by atoms with van der Waals surface area (Å²) in [4.78, 5) is 12.0. The number of aliphatic hydroxyl groups excluding tert-OH is 1. The van der Waals surface area contributed by atoms with Crippen molar-refractivity contribution in [3.63, 3.8) is 0 Å². The zero-order chi connectivity index (χ0) is 15.1. The molecule has 0 aliphatic heterocycles. The summed E-state index contributed by atoms with van der Waals surface area (Å²) >= 11 is 0. The standard InChI is InChI=1S/C15H22FNO3/c1-4-10(5-2)13(18)9-17-15(19)12-8-11(16)6-7-14(12)20-3/h6-8,10,13,18H,4-5,9H2,1-3H3,(H,17,19). The molecule has 1 aromatic carbocycles. The van der Waals surface area contributed by atoms with Crippen LogP contribution in [0.25, 0.3) is 0 Å². The molecule has 1 atom stereocenters. The molecule has 5 heteroatoms. The van der Waals surface area contributed by atoms with Gasteiger partial charge in [-0.05, 0) is 24.1 Å². The number of nitrogens with one attached hydrogen (secondary N) is 1. The van der Waals surface area contributed by atoms with E-state index >= 15 is 0 Å². The van der Waals surface area contributed by atoms with Crippen LogP contribution in [0.4, 0.5) is 4.39 Å². The number of carbonyl (C=O) groups is 1. The van der Waals surface area contributed by atoms with Crippen LogP contribution in [0.1, 0.15) is 37.0 Å². The first-order valence-electron chi connectivity index (χ1n) is 6.83. The van der Waals surface area contributed by atoms with Crippen LogP contribution in [0.3, 0.4) is 0 Å². The normalized spacial score (nSPS) is 12.3. The average molecular weight is 283 g/mol. The molecule has 0 bridgehead atoms. The summed E-state index contributed by atoms with van der Waals surface area (Å²) in [6.45, 7) is 4.13. The lowest BCUT2D eigenvalue weighted by Crippen LogP contribution is -2.36. The monoisotopic (exact) mass is 283 g/mol. The van der Waals surface area contributed by atoms with Crippen LogP contribution in [-0.4, -0.2) is 30.8 Å². The first kappa shape index (κ1) is 16.4. The zero-order valence-corrected chi connectivity index (χ0v) is 12.1. The van der Waals surface area contributed by atoms with Gasteiger partial charge >= 0.3 is 0 Å². The van der Waals surface area contributed by atoms with Crippen molar-refractivity contribution in [3.8, 4) is 5.75 Å². The largest absolute Gasteiger partial charge is 0.496 e. The third-order valence-corrected chi connectivity index (χ3v) is 3.47. The molecule has 0 saturated carbocycles. The van der Waals surface area contributed by atoms with Gasteiger partial charge in [0.25, 0.3) is 5.91 Å². The van der Waals surface area contributed by atoms with Gasteiger partial charge in [-0.15, -0.1) is 0 Å². The van der Waals surface area contributed by atoms with Gasteiger partial charge in [-0.25, -0.2) is 4.39 Å². The van der Waals surface area contributed by atoms with E-state index in [1.807, 2.05) is 13.8 Å². The molecule has 0 radical (unpaired) electrons. The number of rotatable bonds is 7. The van der Waals surface area contributed by atoms with E-state index in [1.165, 1.54) is 19.2 Å². The van der Waals surface area contributed by atoms with Gasteiger partial charge in [0.1, 0.15) is 11.6 Å². The minimum Gasteiger partial charge on any atom is -0.496 e. The molecule has 1 aromatic rings. The highest BCUT2D eigenvalue weighted by atomic mass is 19.1. The Labute approximate surface area is 119 Å². The number of hydrogen-bond acceptors (Lipinski definition) is 3. The van der Waals surface area contributed by atoms with Crippen LogP contribution in [-0.2, 0) is 0 Å². The Hall–Kier alpha value is -1.62. The molecule has 112 valence electrons. The van der Waals surface area contributed by atoms with Crippen molar-refractivity contribution in [1.29, 1.82) is 0 Å². The van der Waals surface area contributed by atoms with Gasteiger partial charge < -0.3 is 15.2 Å². The van der Waals surface area contributed by atoms with E-state index in [9.17, 15) is 14.3 Å². The number of methoxy groups -OCH3 is 1. The third kappa shape index (κ3) is 4.20. The molecular weight excluding hydrogens is 261 g/mol. The number of ether oxygens (including phenoxy) is 1. The second kappa shape index (κ2) is 7.85. The molecule has 0 aromatic heterocycles. The van der Waals surface area contributed by atoms with Crippen LogP contribution in [0.2, 0.25) is 0 Å². The highest BCUT2D eigenvalue weighted by molar-refractivity contribution is 5.96. The molecule has 2 N–H and O–H groups in total. The molecular formula is C15H22FNO3. The van der Waals surface area contributed by atoms with Crippen molar-refractivity contribution in [2.24, 2.45) is 5.92 Å². The quantitative estimate of drug-likeness (QED) is 0.807. The molecule has 0 heterocycles. The lowest BCUT2D eigenvalue weighted by atomic mass is 9.96. The van der Waals surface area contributed by atoms with Gasteiger partial charge in [-0.3, -0.25) is 4.79 Å². The fourth-order valence-electron chi connectivity index (χ4n) is 2.15. The highest BCUT2D eigenvalue weighted by Gasteiger charge is 2.18. The summed E-state index contributed by atoms with van der Waals surface area (Å²) in [5.41, 5.74) is 0.129. The first-order valence-corrected chi connectivity index (χ1v) is 6.83. The molecule has 0 aliphatic rings. The van der Waals surface area contributed by atoms with Gasteiger partial charge in [-0.1, -0.05) is 26.7 Å². The van der Waals surface area contributed by atoms with Gasteiger partial charge in [0.2, 0.25) is 0 Å². The molecule has 20 heavy (non-hydrogen) atoms. The van der Waals surface area contributed by atoms with Crippen LogP contribution in [0.5, 0.6) is 5.75 Å². The third-order valence-electron chi connectivity index (χ3n) is 3.47. The SMILES string of the molecule is CCC(CC)C(O)CNC(=O)c1cc(F)ccc1OC. The topological polar surface area (TPSA) is 58.6 Å². The lowest BCUT2D eigenvalue weighted by molar-refractivity contribution is 0.0814. The number of carbonyl (C=O) groups excluding carboxylic acids is 1. The minimum atomic E-state index is -0.603. The number of hydrogen-bond donors (Lipinski definition) is 2. The van der Waals surface area contributed by atoms with Crippen molar-refractivity contribution in [1.82, 2.24) is 5.32 Å². The number of amides is 1. The smallest absolute Gasteiger partial charge is 0.255 e. The van der Waals surface area contributed by atoms with Gasteiger partial charge in [0.05, 0.1) is 18.8 Å². The first-order chi connectivity index (χ1) is 9.53. The van der Waals surface area contributed by atoms with E-state index < -0.39 is 17.8 Å². The van der Waals surface area contributed by atoms with Crippen molar-refractivity contribution >= 4 is 5.91 Å². The van der Waals surface area contributed by atoms with Gasteiger partial charge in [0, 0.05) is 6.54 Å². The summed E-state index contributed by atoms with van der Waals surface area (Å²) in [7, 11) is 1.42. The molecule has 1 unspecified atom stereocenters. The Bertz CT molecular complexity index is 447. The highest BCUT2D eigenvalue weighted by Crippen LogP contribution is 2.19. The van der Waals surface area contributed by atoms with Crippen molar-refractivity contribution in [2.75, 3.05) is 13.7 Å². The summed E-state index contributed by atoms with van der Waals surface area (Å²) in [6, 6.07) is 3.76. The fraction of sp³-hybridized carbons (Fsp3) is 0.533. The predicted molar refractivity (Wildman–Crippen MR) is 75.4 cm³/mol. The Kier molecular flexibility index (Phi) is 6.45. The average Bonchev–Trinajstić information content (AvgIpc) is 2.46. The lowest BCUT2D eigenvalue weighted by Gasteiger charge is -2.20. The zero-order valence-electron chi connectivity index (χ0n) is 12.1. The van der Waals surface area contributed by atoms with Gasteiger partial charge in [-0.2, -0.15) is 0 Å². The minimum absolute atomic E-state index is 0.129. The molecule has 1 rings (SSSR count). The maximum atomic E-state index is 13.2. The van der Waals surface area contributed by atoms with Gasteiger partial charge in [0.15, 0.2) is 0 Å². The Morgan fingerprint density at radius 2 is 2.05 bits per heavy atom. The number of benzene rings is 1. The van der Waals surface area contributed by atoms with Crippen LogP contribution < -0.4 is 10.1 Å². The summed E-state index contributed by atoms with van der Waals surface area (Å²) in [5.74, 6) is -0.506. The second-order valence-corrected chi connectivity index (χ2v) is 4.70. The Morgan fingerprint density at radius 3 is 2.60 bits per heavy atom. The molecule has 0 fully saturated rings. The summed E-state index contributed by atoms with van der Waals surface area (Å²) in [5, 5.41) is 12.6. The maximum Gasteiger partial charge on any atom is 0.255 e. The molecule has 0 spiro atoms. The molecule has 0 aliphatic carbocycles. The summed E-state index contributed by atoms with van der Waals surface area (Å²) in [6.07, 6.45) is 1.08. The van der Waals surface area contributed by atoms with Crippen molar-refractivity contribution in [3.05, 3.63) is 29.6 Å². The molecule has 4 nitrogen and oxygen atoms in total. The second-order valence-electron chi connectivity index (χ2n) is 4.70. The molecule has 0 saturated heterocycles. The Morgan fingerprint density at radius 1 is 1.40 bits per heavy atom. The van der Waals surface area contributed by atoms with E-state index in [4.69, 9.17) is 4.74 Å². The number of halogens is 1. The maximum absolute atomic E-state index is 13.2. The summed E-state index contributed by atoms with van der Waals surface area (Å²) < 4.78 is 18.2. The van der Waals surface area contributed by atoms with Crippen LogP contribution in [0, 0.1) is 11.7 Å². The van der Waals surface area contributed by atoms with Crippen LogP contribution >= 0.6 is 0 Å². The van der Waals surface area contributed by atoms with E-state index in [0.29, 0.717) is 5.75 Å². The van der Waals surface area contributed by atoms with E-state index in [2.05, 4.69) is 5.32 Å². The van der Waals surface area contributed by atoms with E-state index in [1.54, 1.807) is 0 Å². The Balaban J connectivity index is 2.70. The number of aliphatic hydroxyl groups is 1. The van der Waals surface area contributed by atoms with Crippen LogP contribution in [0.15, 0.2) is 18.2 Å². The van der Waals surface area contributed by atoms with Crippen molar-refractivity contribution < 1.29 is 19.0 Å². The molecule has 1 amide bonds. The fourth-order valence-corrected chi connectivity index (χ4v) is 2.15. The predicted octanol–water partition coefficient (Wildman–Crippen LogP) is 2.36. The van der Waals surface area contributed by atoms with Crippen molar-refractivity contribution in [2.45, 2.75) is 32.8 Å². The van der Waals surface area contributed by atoms with E-state index in [-0.39, 0.29) is 18.0 Å².